The van der Waals surface area contributed by atoms with Crippen LogP contribution in [0.4, 0.5) is 26.4 Å². The molecule has 2 aromatic carbocycles. The molecule has 1 aliphatic rings. The van der Waals surface area contributed by atoms with Gasteiger partial charge in [-0.15, -0.1) is 0 Å². The molecule has 4 N–H and O–H groups in total. The number of benzene rings is 2. The van der Waals surface area contributed by atoms with Gasteiger partial charge in [0, 0.05) is 22.6 Å². The standard InChI is InChI=1S/C21H17FN6O2/c22-12-1-3-13(4-2-12)26-21(29)27-14-5-7-15(8-6-14)28-17-10-30-9-16(17)18-19(28)20(23)25-11-24-18/h1-8,11H,9-10H2,(H2,23,24,25)(H2,26,27,29). The molecule has 0 unspecified atom stereocenters. The highest BCUT2D eigenvalue weighted by Gasteiger charge is 2.25. The number of ether oxygens (including phenoxy) is 1. The van der Waals surface area contributed by atoms with Gasteiger partial charge in [0.05, 0.1) is 18.9 Å². The van der Waals surface area contributed by atoms with E-state index in [-0.39, 0.29) is 5.82 Å². The second-order valence-electron chi connectivity index (χ2n) is 6.84. The molecule has 2 amide bonds. The fraction of sp³-hybridized carbons (Fsp3) is 0.0952. The van der Waals surface area contributed by atoms with Crippen LogP contribution in [-0.2, 0) is 18.0 Å². The van der Waals surface area contributed by atoms with Crippen molar-refractivity contribution in [1.82, 2.24) is 14.5 Å². The summed E-state index contributed by atoms with van der Waals surface area (Å²) >= 11 is 0. The molecule has 1 aliphatic heterocycles. The maximum atomic E-state index is 13.0. The van der Waals surface area contributed by atoms with E-state index in [1.54, 1.807) is 12.1 Å². The molecule has 4 aromatic rings. The zero-order valence-electron chi connectivity index (χ0n) is 15.7. The summed E-state index contributed by atoms with van der Waals surface area (Å²) in [4.78, 5) is 20.7. The number of amides is 2. The molecule has 5 rings (SSSR count). The molecule has 150 valence electrons. The van der Waals surface area contributed by atoms with E-state index in [0.717, 1.165) is 28.0 Å². The van der Waals surface area contributed by atoms with Crippen molar-refractivity contribution in [2.45, 2.75) is 13.2 Å². The first-order valence-corrected chi connectivity index (χ1v) is 9.24. The highest BCUT2D eigenvalue weighted by Crippen LogP contribution is 2.35. The Balaban J connectivity index is 1.41. The Morgan fingerprint density at radius 3 is 2.37 bits per heavy atom. The minimum Gasteiger partial charge on any atom is -0.382 e. The molecular weight excluding hydrogens is 387 g/mol. The monoisotopic (exact) mass is 404 g/mol. The Morgan fingerprint density at radius 1 is 1.00 bits per heavy atom. The van der Waals surface area contributed by atoms with Crippen LogP contribution in [0.15, 0.2) is 54.9 Å². The van der Waals surface area contributed by atoms with Gasteiger partial charge in [0.1, 0.15) is 23.2 Å². The molecular formula is C21H17FN6O2. The van der Waals surface area contributed by atoms with Crippen LogP contribution < -0.4 is 16.4 Å². The first kappa shape index (κ1) is 18.1. The van der Waals surface area contributed by atoms with Gasteiger partial charge in [0.2, 0.25) is 0 Å². The van der Waals surface area contributed by atoms with E-state index in [9.17, 15) is 9.18 Å². The number of carbonyl (C=O) groups is 1. The number of nitrogens with one attached hydrogen (secondary N) is 2. The van der Waals surface area contributed by atoms with E-state index in [1.165, 1.54) is 30.6 Å². The number of aromatic nitrogens is 3. The van der Waals surface area contributed by atoms with Crippen molar-refractivity contribution in [2.75, 3.05) is 16.4 Å². The number of anilines is 3. The van der Waals surface area contributed by atoms with Crippen LogP contribution >= 0.6 is 0 Å². The number of nitrogens with zero attached hydrogens (tertiary/aromatic N) is 3. The lowest BCUT2D eigenvalue weighted by Crippen LogP contribution is -2.19. The molecule has 0 spiro atoms. The summed E-state index contributed by atoms with van der Waals surface area (Å²) in [6.45, 7) is 0.948. The lowest BCUT2D eigenvalue weighted by molar-refractivity contribution is 0.132. The molecule has 2 aromatic heterocycles. The fourth-order valence-corrected chi connectivity index (χ4v) is 3.60. The number of urea groups is 1. The van der Waals surface area contributed by atoms with Gasteiger partial charge in [-0.25, -0.2) is 19.2 Å². The van der Waals surface area contributed by atoms with Crippen molar-refractivity contribution < 1.29 is 13.9 Å². The number of rotatable bonds is 3. The predicted molar refractivity (Wildman–Crippen MR) is 111 cm³/mol. The highest BCUT2D eigenvalue weighted by molar-refractivity contribution is 5.99. The van der Waals surface area contributed by atoms with E-state index in [0.29, 0.717) is 30.4 Å². The van der Waals surface area contributed by atoms with Crippen molar-refractivity contribution in [1.29, 1.82) is 0 Å². The molecule has 0 radical (unpaired) electrons. The Labute approximate surface area is 170 Å². The lowest BCUT2D eigenvalue weighted by atomic mass is 10.2. The quantitative estimate of drug-likeness (QED) is 0.481. The summed E-state index contributed by atoms with van der Waals surface area (Å²) in [5.41, 5.74) is 11.6. The van der Waals surface area contributed by atoms with Crippen LogP contribution in [0.1, 0.15) is 11.3 Å². The number of hydrogen-bond acceptors (Lipinski definition) is 5. The second-order valence-corrected chi connectivity index (χ2v) is 6.84. The topological polar surface area (TPSA) is 107 Å². The van der Waals surface area contributed by atoms with Crippen molar-refractivity contribution in [2.24, 2.45) is 0 Å². The number of fused-ring (bicyclic) bond motifs is 3. The van der Waals surface area contributed by atoms with Crippen LogP contribution in [0.2, 0.25) is 0 Å². The number of hydrogen-bond donors (Lipinski definition) is 3. The zero-order valence-corrected chi connectivity index (χ0v) is 15.7. The van der Waals surface area contributed by atoms with E-state index < -0.39 is 6.03 Å². The van der Waals surface area contributed by atoms with E-state index in [1.807, 2.05) is 16.7 Å². The zero-order chi connectivity index (χ0) is 20.7. The number of nitrogen functional groups attached to an aromatic ring is 1. The minimum atomic E-state index is -0.423. The summed E-state index contributed by atoms with van der Waals surface area (Å²) < 4.78 is 20.6. The average molecular weight is 404 g/mol. The Hall–Kier alpha value is -3.98. The van der Waals surface area contributed by atoms with E-state index in [4.69, 9.17) is 10.5 Å². The average Bonchev–Trinajstić information content (AvgIpc) is 3.32. The summed E-state index contributed by atoms with van der Waals surface area (Å²) in [5.74, 6) is 0.0345. The van der Waals surface area contributed by atoms with Crippen molar-refractivity contribution in [3.8, 4) is 5.69 Å². The Morgan fingerprint density at radius 2 is 1.67 bits per heavy atom. The molecule has 0 saturated heterocycles. The third-order valence-electron chi connectivity index (χ3n) is 4.95. The smallest absolute Gasteiger partial charge is 0.323 e. The summed E-state index contributed by atoms with van der Waals surface area (Å²) in [5, 5.41) is 5.41. The largest absolute Gasteiger partial charge is 0.382 e. The highest BCUT2D eigenvalue weighted by atomic mass is 19.1. The van der Waals surface area contributed by atoms with E-state index in [2.05, 4.69) is 20.6 Å². The van der Waals surface area contributed by atoms with Gasteiger partial charge in [0.15, 0.2) is 5.82 Å². The van der Waals surface area contributed by atoms with Gasteiger partial charge in [-0.05, 0) is 48.5 Å². The summed E-state index contributed by atoms with van der Waals surface area (Å²) in [6, 6.07) is 12.4. The Kier molecular flexibility index (Phi) is 4.29. The normalized spacial score (nSPS) is 12.7. The molecule has 0 saturated carbocycles. The second kappa shape index (κ2) is 7.12. The maximum absolute atomic E-state index is 13.0. The van der Waals surface area contributed by atoms with Gasteiger partial charge in [-0.3, -0.25) is 0 Å². The van der Waals surface area contributed by atoms with Crippen LogP contribution in [0.5, 0.6) is 0 Å². The minimum absolute atomic E-state index is 0.364. The van der Waals surface area contributed by atoms with Crippen LogP contribution in [0.3, 0.4) is 0 Å². The van der Waals surface area contributed by atoms with Crippen LogP contribution in [-0.4, -0.2) is 20.6 Å². The van der Waals surface area contributed by atoms with Crippen LogP contribution in [0.25, 0.3) is 16.7 Å². The van der Waals surface area contributed by atoms with Crippen molar-refractivity contribution in [3.05, 3.63) is 71.9 Å². The predicted octanol–water partition coefficient (Wildman–Crippen LogP) is 3.82. The maximum Gasteiger partial charge on any atom is 0.323 e. The van der Waals surface area contributed by atoms with Gasteiger partial charge >= 0.3 is 6.03 Å². The molecule has 0 fully saturated rings. The molecule has 8 nitrogen and oxygen atoms in total. The lowest BCUT2D eigenvalue weighted by Gasteiger charge is -2.12. The van der Waals surface area contributed by atoms with Gasteiger partial charge < -0.3 is 25.7 Å². The molecule has 0 bridgehead atoms. The number of halogens is 1. The molecule has 3 heterocycles. The van der Waals surface area contributed by atoms with Gasteiger partial charge in [0.25, 0.3) is 0 Å². The van der Waals surface area contributed by atoms with Gasteiger partial charge in [-0.1, -0.05) is 0 Å². The molecule has 0 atom stereocenters. The third-order valence-corrected chi connectivity index (χ3v) is 4.95. The molecule has 9 heteroatoms. The molecule has 30 heavy (non-hydrogen) atoms. The SMILES string of the molecule is Nc1ncnc2c3c(n(-c4ccc(NC(=O)Nc5ccc(F)cc5)cc4)c12)COC3. The summed E-state index contributed by atoms with van der Waals surface area (Å²) in [6.07, 6.45) is 1.45. The first-order valence-electron chi connectivity index (χ1n) is 9.24. The van der Waals surface area contributed by atoms with E-state index >= 15 is 0 Å². The van der Waals surface area contributed by atoms with Crippen LogP contribution in [0, 0.1) is 5.82 Å². The third kappa shape index (κ3) is 3.11. The van der Waals surface area contributed by atoms with Gasteiger partial charge in [-0.2, -0.15) is 0 Å². The Bertz CT molecular complexity index is 1250. The summed E-state index contributed by atoms with van der Waals surface area (Å²) in [7, 11) is 0. The fourth-order valence-electron chi connectivity index (χ4n) is 3.60. The number of carbonyl (C=O) groups excluding carboxylic acids is 1. The van der Waals surface area contributed by atoms with Crippen molar-refractivity contribution >= 4 is 34.3 Å². The molecule has 0 aliphatic carbocycles. The number of nitrogens with two attached hydrogens (primary N) is 1. The first-order chi connectivity index (χ1) is 14.6. The van der Waals surface area contributed by atoms with Crippen molar-refractivity contribution in [3.63, 3.8) is 0 Å².